The summed E-state index contributed by atoms with van der Waals surface area (Å²) in [7, 11) is 3.34. The summed E-state index contributed by atoms with van der Waals surface area (Å²) in [6.45, 7) is 0.854. The molecule has 2 amide bonds. The van der Waals surface area contributed by atoms with E-state index in [4.69, 9.17) is 9.72 Å². The zero-order valence-electron chi connectivity index (χ0n) is 20.5. The number of hydrogen-bond acceptors (Lipinski definition) is 6. The van der Waals surface area contributed by atoms with Crippen LogP contribution < -0.4 is 10.6 Å². The van der Waals surface area contributed by atoms with Gasteiger partial charge in [0.1, 0.15) is 23.0 Å². The molecule has 1 aliphatic carbocycles. The Hall–Kier alpha value is -2.36. The van der Waals surface area contributed by atoms with Gasteiger partial charge in [-0.1, -0.05) is 31.4 Å². The van der Waals surface area contributed by atoms with Crippen LogP contribution in [0.4, 0.5) is 4.39 Å². The predicted octanol–water partition coefficient (Wildman–Crippen LogP) is 3.97. The number of ether oxygens (including phenoxy) is 1. The molecule has 0 radical (unpaired) electrons. The van der Waals surface area contributed by atoms with Gasteiger partial charge in [0.15, 0.2) is 0 Å². The summed E-state index contributed by atoms with van der Waals surface area (Å²) >= 11 is 1.52. The number of nitrogens with zero attached hydrogens (tertiary/aromatic N) is 2. The molecule has 2 heterocycles. The molecule has 9 heteroatoms. The lowest BCUT2D eigenvalue weighted by molar-refractivity contribution is -0.139. The molecular weight excluding hydrogens is 467 g/mol. The first-order valence-corrected chi connectivity index (χ1v) is 13.4. The van der Waals surface area contributed by atoms with E-state index in [9.17, 15) is 14.0 Å². The van der Waals surface area contributed by atoms with E-state index in [0.717, 1.165) is 54.8 Å². The van der Waals surface area contributed by atoms with Crippen LogP contribution in [0.25, 0.3) is 0 Å². The van der Waals surface area contributed by atoms with Gasteiger partial charge in [0, 0.05) is 19.0 Å². The molecule has 1 aliphatic heterocycles. The Morgan fingerprint density at radius 3 is 2.60 bits per heavy atom. The lowest BCUT2D eigenvalue weighted by Gasteiger charge is -2.34. The molecule has 3 atom stereocenters. The average Bonchev–Trinajstić information content (AvgIpc) is 3.54. The normalized spacial score (nSPS) is 20.5. The molecule has 4 rings (SSSR count). The van der Waals surface area contributed by atoms with Crippen LogP contribution in [0.1, 0.15) is 73.4 Å². The molecule has 190 valence electrons. The third-order valence-corrected chi connectivity index (χ3v) is 8.04. The number of carbonyl (C=O) groups excluding carboxylic acids is 2. The van der Waals surface area contributed by atoms with Crippen LogP contribution in [0.2, 0.25) is 0 Å². The average molecular weight is 503 g/mol. The molecule has 2 aliphatic rings. The van der Waals surface area contributed by atoms with Gasteiger partial charge >= 0.3 is 0 Å². The second-order valence-electron chi connectivity index (χ2n) is 9.44. The molecule has 1 aromatic heterocycles. The number of likely N-dealkylation sites (tertiary alicyclic amines) is 1. The topological polar surface area (TPSA) is 83.6 Å². The Morgan fingerprint density at radius 1 is 1.17 bits per heavy atom. The Morgan fingerprint density at radius 2 is 1.91 bits per heavy atom. The number of methoxy groups -OCH3 is 1. The standard InChI is InChI=1S/C26H35FN4O3S/c1-28-15-22(32)30-23(17-7-4-3-5-8-17)26(33)31-14-6-9-21(31)25-29-20(16-35-25)24(34-2)18-10-12-19(27)13-11-18/h10-13,16-17,21,23-24,28H,3-9,14-15H2,1-2H3,(H,30,32)/t21?,23-,24?/m0/s1. The first kappa shape index (κ1) is 25.7. The summed E-state index contributed by atoms with van der Waals surface area (Å²) in [6, 6.07) is 5.63. The van der Waals surface area contributed by atoms with Crippen molar-refractivity contribution in [1.82, 2.24) is 20.5 Å². The maximum atomic E-state index is 13.8. The minimum absolute atomic E-state index is 0.00225. The van der Waals surface area contributed by atoms with Crippen molar-refractivity contribution in [2.24, 2.45) is 5.92 Å². The highest BCUT2D eigenvalue weighted by Crippen LogP contribution is 2.38. The first-order chi connectivity index (χ1) is 17.0. The monoisotopic (exact) mass is 502 g/mol. The van der Waals surface area contributed by atoms with Crippen LogP contribution >= 0.6 is 11.3 Å². The largest absolute Gasteiger partial charge is 0.370 e. The number of amides is 2. The fourth-order valence-corrected chi connectivity index (χ4v) is 6.32. The Kier molecular flexibility index (Phi) is 8.86. The lowest BCUT2D eigenvalue weighted by Crippen LogP contribution is -2.53. The van der Waals surface area contributed by atoms with Crippen molar-refractivity contribution in [3.8, 4) is 0 Å². The molecule has 1 saturated heterocycles. The van der Waals surface area contributed by atoms with Crippen molar-refractivity contribution < 1.29 is 18.7 Å². The summed E-state index contributed by atoms with van der Waals surface area (Å²) in [5.41, 5.74) is 1.58. The summed E-state index contributed by atoms with van der Waals surface area (Å²) in [5, 5.41) is 8.74. The highest BCUT2D eigenvalue weighted by Gasteiger charge is 2.39. The van der Waals surface area contributed by atoms with E-state index in [1.807, 2.05) is 10.3 Å². The molecule has 7 nitrogen and oxygen atoms in total. The van der Waals surface area contributed by atoms with Gasteiger partial charge in [0.25, 0.3) is 0 Å². The van der Waals surface area contributed by atoms with E-state index in [1.165, 1.54) is 29.9 Å². The Labute approximate surface area is 210 Å². The second kappa shape index (κ2) is 12.1. The SMILES string of the molecule is CNCC(=O)N[C@H](C(=O)N1CCCC1c1nc(C(OC)c2ccc(F)cc2)cs1)C1CCCCC1. The fourth-order valence-electron chi connectivity index (χ4n) is 5.34. The zero-order chi connectivity index (χ0) is 24.8. The van der Waals surface area contributed by atoms with Crippen LogP contribution in [0, 0.1) is 11.7 Å². The molecular formula is C26H35FN4O3S. The van der Waals surface area contributed by atoms with Gasteiger partial charge in [-0.2, -0.15) is 0 Å². The van der Waals surface area contributed by atoms with Crippen LogP contribution in [0.3, 0.4) is 0 Å². The number of halogens is 1. The van der Waals surface area contributed by atoms with E-state index in [-0.39, 0.29) is 36.1 Å². The summed E-state index contributed by atoms with van der Waals surface area (Å²) in [5.74, 6) is -0.271. The molecule has 1 aromatic carbocycles. The number of aromatic nitrogens is 1. The number of likely N-dealkylation sites (N-methyl/N-ethyl adjacent to an activating group) is 1. The highest BCUT2D eigenvalue weighted by atomic mass is 32.1. The van der Waals surface area contributed by atoms with E-state index < -0.39 is 12.1 Å². The van der Waals surface area contributed by atoms with Gasteiger partial charge in [0.2, 0.25) is 11.8 Å². The molecule has 2 fully saturated rings. The quantitative estimate of drug-likeness (QED) is 0.542. The van der Waals surface area contributed by atoms with Crippen molar-refractivity contribution in [2.75, 3.05) is 27.2 Å². The molecule has 35 heavy (non-hydrogen) atoms. The number of benzene rings is 1. The van der Waals surface area contributed by atoms with Crippen LogP contribution in [0.5, 0.6) is 0 Å². The molecule has 0 spiro atoms. The van der Waals surface area contributed by atoms with Crippen LogP contribution in [-0.2, 0) is 14.3 Å². The number of nitrogens with one attached hydrogen (secondary N) is 2. The summed E-state index contributed by atoms with van der Waals surface area (Å²) in [6.07, 6.45) is 6.64. The molecule has 2 aromatic rings. The van der Waals surface area contributed by atoms with Gasteiger partial charge in [0.05, 0.1) is 18.3 Å². The van der Waals surface area contributed by atoms with E-state index in [0.29, 0.717) is 6.54 Å². The second-order valence-corrected chi connectivity index (χ2v) is 10.3. The van der Waals surface area contributed by atoms with Crippen molar-refractivity contribution in [1.29, 1.82) is 0 Å². The molecule has 1 saturated carbocycles. The summed E-state index contributed by atoms with van der Waals surface area (Å²) in [4.78, 5) is 33.1. The smallest absolute Gasteiger partial charge is 0.246 e. The van der Waals surface area contributed by atoms with Crippen molar-refractivity contribution >= 4 is 23.2 Å². The Balaban J connectivity index is 1.53. The maximum Gasteiger partial charge on any atom is 0.246 e. The zero-order valence-corrected chi connectivity index (χ0v) is 21.3. The van der Waals surface area contributed by atoms with Crippen molar-refractivity contribution in [3.05, 3.63) is 51.7 Å². The minimum Gasteiger partial charge on any atom is -0.370 e. The third kappa shape index (κ3) is 6.08. The van der Waals surface area contributed by atoms with Gasteiger partial charge in [-0.15, -0.1) is 11.3 Å². The number of carbonyl (C=O) groups is 2. The van der Waals surface area contributed by atoms with Crippen molar-refractivity contribution in [2.45, 2.75) is 63.1 Å². The lowest BCUT2D eigenvalue weighted by atomic mass is 9.83. The minimum atomic E-state index is -0.498. The maximum absolute atomic E-state index is 13.8. The van der Waals surface area contributed by atoms with Crippen LogP contribution in [-0.4, -0.2) is 55.0 Å². The molecule has 0 bridgehead atoms. The Bertz CT molecular complexity index is 993. The number of thiazole rings is 1. The summed E-state index contributed by atoms with van der Waals surface area (Å²) < 4.78 is 19.1. The van der Waals surface area contributed by atoms with Gasteiger partial charge in [-0.05, 0) is 56.3 Å². The van der Waals surface area contributed by atoms with Gasteiger partial charge < -0.3 is 20.3 Å². The van der Waals surface area contributed by atoms with Crippen molar-refractivity contribution in [3.63, 3.8) is 0 Å². The number of hydrogen-bond donors (Lipinski definition) is 2. The predicted molar refractivity (Wildman–Crippen MR) is 133 cm³/mol. The third-order valence-electron chi connectivity index (χ3n) is 7.08. The van der Waals surface area contributed by atoms with Gasteiger partial charge in [-0.25, -0.2) is 9.37 Å². The fraction of sp³-hybridized carbons (Fsp3) is 0.577. The number of rotatable bonds is 9. The van der Waals surface area contributed by atoms with Gasteiger partial charge in [-0.3, -0.25) is 9.59 Å². The van der Waals surface area contributed by atoms with E-state index >= 15 is 0 Å². The highest BCUT2D eigenvalue weighted by molar-refractivity contribution is 7.09. The molecule has 2 N–H and O–H groups in total. The van der Waals surface area contributed by atoms with Crippen LogP contribution in [0.15, 0.2) is 29.6 Å². The molecule has 2 unspecified atom stereocenters. The van der Waals surface area contributed by atoms with E-state index in [1.54, 1.807) is 26.3 Å². The van der Waals surface area contributed by atoms with E-state index in [2.05, 4.69) is 10.6 Å². The first-order valence-electron chi connectivity index (χ1n) is 12.5.